The predicted molar refractivity (Wildman–Crippen MR) is 95.9 cm³/mol. The first-order valence-electron chi connectivity index (χ1n) is 8.13. The third kappa shape index (κ3) is 2.04. The third-order valence-corrected chi connectivity index (χ3v) is 4.89. The van der Waals surface area contributed by atoms with Gasteiger partial charge in [0.1, 0.15) is 0 Å². The summed E-state index contributed by atoms with van der Waals surface area (Å²) >= 11 is 0. The second-order valence-corrected chi connectivity index (χ2v) is 6.91. The van der Waals surface area contributed by atoms with E-state index in [1.807, 2.05) is 0 Å². The number of fused-ring (bicyclic) bond motifs is 3. The molecule has 4 rings (SSSR count). The summed E-state index contributed by atoms with van der Waals surface area (Å²) < 4.78 is 0. The van der Waals surface area contributed by atoms with Crippen LogP contribution in [-0.2, 0) is 0 Å². The van der Waals surface area contributed by atoms with Crippen molar-refractivity contribution in [2.45, 2.75) is 26.7 Å². The lowest BCUT2D eigenvalue weighted by Crippen LogP contribution is -2.29. The Morgan fingerprint density at radius 1 is 0.864 bits per heavy atom. The molecular weight excluding hydrogens is 266 g/mol. The summed E-state index contributed by atoms with van der Waals surface area (Å²) in [6.45, 7) is 5.61. The Labute approximate surface area is 131 Å². The van der Waals surface area contributed by atoms with Gasteiger partial charge in [-0.3, -0.25) is 4.99 Å². The Balaban J connectivity index is 2.10. The van der Waals surface area contributed by atoms with E-state index in [1.165, 1.54) is 45.7 Å². The van der Waals surface area contributed by atoms with Gasteiger partial charge in [-0.1, -0.05) is 62.4 Å². The van der Waals surface area contributed by atoms with Crippen molar-refractivity contribution in [3.05, 3.63) is 60.2 Å². The van der Waals surface area contributed by atoms with Crippen LogP contribution in [0.2, 0.25) is 0 Å². The van der Waals surface area contributed by atoms with E-state index in [2.05, 4.69) is 68.4 Å². The van der Waals surface area contributed by atoms with E-state index in [0.29, 0.717) is 0 Å². The number of nitrogens with zero attached hydrogens (tertiary/aromatic N) is 1. The largest absolute Gasteiger partial charge is 0.289 e. The maximum absolute atomic E-state index is 4.93. The first kappa shape index (κ1) is 13.5. The van der Waals surface area contributed by atoms with E-state index in [0.717, 1.165) is 6.54 Å². The quantitative estimate of drug-likeness (QED) is 0.516. The molecule has 3 aromatic rings. The van der Waals surface area contributed by atoms with Crippen LogP contribution in [0.25, 0.3) is 21.5 Å². The molecule has 0 spiro atoms. The SMILES string of the molecule is CC1(C)CCCN=C1c1cc2ccccc2c2ccccc12. The van der Waals surface area contributed by atoms with Gasteiger partial charge < -0.3 is 0 Å². The Morgan fingerprint density at radius 2 is 1.55 bits per heavy atom. The molecule has 1 aliphatic heterocycles. The molecule has 0 saturated carbocycles. The van der Waals surface area contributed by atoms with E-state index in [4.69, 9.17) is 4.99 Å². The molecule has 0 amide bonds. The summed E-state index contributed by atoms with van der Waals surface area (Å²) in [5.41, 5.74) is 2.75. The van der Waals surface area contributed by atoms with Gasteiger partial charge in [0, 0.05) is 23.2 Å². The van der Waals surface area contributed by atoms with Gasteiger partial charge in [0.05, 0.1) is 0 Å². The predicted octanol–water partition coefficient (Wildman–Crippen LogP) is 5.60. The molecule has 0 fully saturated rings. The fourth-order valence-electron chi connectivity index (χ4n) is 3.74. The zero-order valence-electron chi connectivity index (χ0n) is 13.3. The van der Waals surface area contributed by atoms with Crippen LogP contribution in [0.1, 0.15) is 32.3 Å². The topological polar surface area (TPSA) is 12.4 Å². The molecule has 1 heterocycles. The highest BCUT2D eigenvalue weighted by Crippen LogP contribution is 2.36. The molecular formula is C21H21N. The fourth-order valence-corrected chi connectivity index (χ4v) is 3.74. The second kappa shape index (κ2) is 4.95. The summed E-state index contributed by atoms with van der Waals surface area (Å²) in [7, 11) is 0. The zero-order valence-corrected chi connectivity index (χ0v) is 13.3. The van der Waals surface area contributed by atoms with Gasteiger partial charge in [-0.2, -0.15) is 0 Å². The van der Waals surface area contributed by atoms with Crippen molar-refractivity contribution in [1.29, 1.82) is 0 Å². The van der Waals surface area contributed by atoms with Gasteiger partial charge in [0.2, 0.25) is 0 Å². The molecule has 1 aliphatic rings. The molecule has 3 aromatic carbocycles. The van der Waals surface area contributed by atoms with Gasteiger partial charge in [-0.05, 0) is 40.5 Å². The Bertz CT molecular complexity index is 887. The maximum Gasteiger partial charge on any atom is 0.0483 e. The fraction of sp³-hybridized carbons (Fsp3) is 0.286. The normalized spacial score (nSPS) is 17.6. The minimum Gasteiger partial charge on any atom is -0.289 e. The molecule has 0 bridgehead atoms. The molecule has 0 aromatic heterocycles. The number of hydrogen-bond donors (Lipinski definition) is 0. The molecule has 0 saturated heterocycles. The average molecular weight is 287 g/mol. The zero-order chi connectivity index (χ0) is 15.2. The highest BCUT2D eigenvalue weighted by Gasteiger charge is 2.29. The Morgan fingerprint density at radius 3 is 2.32 bits per heavy atom. The van der Waals surface area contributed by atoms with Crippen LogP contribution in [0.15, 0.2) is 59.6 Å². The molecule has 1 heteroatoms. The Kier molecular flexibility index (Phi) is 3.04. The van der Waals surface area contributed by atoms with Crippen molar-refractivity contribution in [2.75, 3.05) is 6.54 Å². The number of aliphatic imine (C=N–C) groups is 1. The summed E-state index contributed by atoms with van der Waals surface area (Å²) in [6.07, 6.45) is 2.41. The van der Waals surface area contributed by atoms with E-state index >= 15 is 0 Å². The van der Waals surface area contributed by atoms with Gasteiger partial charge in [-0.25, -0.2) is 0 Å². The van der Waals surface area contributed by atoms with Gasteiger partial charge >= 0.3 is 0 Å². The third-order valence-electron chi connectivity index (χ3n) is 4.89. The molecule has 0 radical (unpaired) electrons. The molecule has 22 heavy (non-hydrogen) atoms. The van der Waals surface area contributed by atoms with E-state index in [1.54, 1.807) is 0 Å². The van der Waals surface area contributed by atoms with Crippen LogP contribution in [-0.4, -0.2) is 12.3 Å². The first-order chi connectivity index (χ1) is 10.7. The summed E-state index contributed by atoms with van der Waals surface area (Å²) in [6, 6.07) is 19.7. The van der Waals surface area contributed by atoms with E-state index < -0.39 is 0 Å². The smallest absolute Gasteiger partial charge is 0.0483 e. The lowest BCUT2D eigenvalue weighted by atomic mass is 9.76. The molecule has 0 aliphatic carbocycles. The minimum absolute atomic E-state index is 0.156. The van der Waals surface area contributed by atoms with E-state index in [-0.39, 0.29) is 5.41 Å². The van der Waals surface area contributed by atoms with Crippen molar-refractivity contribution in [3.63, 3.8) is 0 Å². The minimum atomic E-state index is 0.156. The number of hydrogen-bond acceptors (Lipinski definition) is 1. The van der Waals surface area contributed by atoms with Crippen LogP contribution in [0.4, 0.5) is 0 Å². The summed E-state index contributed by atoms with van der Waals surface area (Å²) in [4.78, 5) is 4.93. The monoisotopic (exact) mass is 287 g/mol. The molecule has 0 atom stereocenters. The lowest BCUT2D eigenvalue weighted by Gasteiger charge is -2.31. The number of rotatable bonds is 1. The van der Waals surface area contributed by atoms with Crippen molar-refractivity contribution in [3.8, 4) is 0 Å². The number of benzene rings is 3. The van der Waals surface area contributed by atoms with Gasteiger partial charge in [-0.15, -0.1) is 0 Å². The van der Waals surface area contributed by atoms with Crippen LogP contribution in [0, 0.1) is 5.41 Å². The van der Waals surface area contributed by atoms with Gasteiger partial charge in [0.25, 0.3) is 0 Å². The molecule has 0 N–H and O–H groups in total. The maximum atomic E-state index is 4.93. The van der Waals surface area contributed by atoms with Crippen LogP contribution in [0.5, 0.6) is 0 Å². The van der Waals surface area contributed by atoms with Crippen molar-refractivity contribution < 1.29 is 0 Å². The van der Waals surface area contributed by atoms with E-state index in [9.17, 15) is 0 Å². The molecule has 1 nitrogen and oxygen atoms in total. The highest BCUT2D eigenvalue weighted by atomic mass is 14.8. The first-order valence-corrected chi connectivity index (χ1v) is 8.13. The van der Waals surface area contributed by atoms with Crippen LogP contribution < -0.4 is 0 Å². The summed E-state index contributed by atoms with van der Waals surface area (Å²) in [5.74, 6) is 0. The standard InChI is InChI=1S/C21H21N/c1-21(2)12-7-13-22-20(21)19-14-15-8-3-4-9-16(15)17-10-5-6-11-18(17)19/h3-6,8-11,14H,7,12-13H2,1-2H3. The Hall–Kier alpha value is -2.15. The second-order valence-electron chi connectivity index (χ2n) is 6.91. The molecule has 0 unspecified atom stereocenters. The average Bonchev–Trinajstić information content (AvgIpc) is 2.54. The van der Waals surface area contributed by atoms with Crippen LogP contribution >= 0.6 is 0 Å². The van der Waals surface area contributed by atoms with Crippen molar-refractivity contribution in [1.82, 2.24) is 0 Å². The lowest BCUT2D eigenvalue weighted by molar-refractivity contribution is 0.440. The van der Waals surface area contributed by atoms with Gasteiger partial charge in [0.15, 0.2) is 0 Å². The van der Waals surface area contributed by atoms with Crippen LogP contribution in [0.3, 0.4) is 0 Å². The molecule has 110 valence electrons. The van der Waals surface area contributed by atoms with Crippen molar-refractivity contribution in [2.24, 2.45) is 10.4 Å². The van der Waals surface area contributed by atoms with Crippen molar-refractivity contribution >= 4 is 27.3 Å². The summed E-state index contributed by atoms with van der Waals surface area (Å²) in [5, 5.41) is 5.30. The highest BCUT2D eigenvalue weighted by molar-refractivity contribution is 6.20.